The van der Waals surface area contributed by atoms with E-state index in [1.54, 1.807) is 0 Å². The summed E-state index contributed by atoms with van der Waals surface area (Å²) in [6.07, 6.45) is 7.48. The highest BCUT2D eigenvalue weighted by Gasteiger charge is 2.10. The number of aryl methyl sites for hydroxylation is 1. The quantitative estimate of drug-likeness (QED) is 0.543. The Morgan fingerprint density at radius 2 is 1.28 bits per heavy atom. The molecule has 0 aromatic heterocycles. The molecule has 0 aliphatic heterocycles. The zero-order valence-electron chi connectivity index (χ0n) is 11.6. The Morgan fingerprint density at radius 1 is 0.778 bits per heavy atom. The molecule has 0 unspecified atom stereocenters. The van der Waals surface area contributed by atoms with Gasteiger partial charge in [-0.15, -0.1) is 0 Å². The van der Waals surface area contributed by atoms with Crippen LogP contribution >= 0.6 is 0 Å². The van der Waals surface area contributed by atoms with Gasteiger partial charge >= 0.3 is 0 Å². The van der Waals surface area contributed by atoms with Gasteiger partial charge < -0.3 is 0 Å². The number of unbranched alkanes of at least 4 members (excludes halogenated alkanes) is 4. The minimum atomic E-state index is -0.363. The molecule has 0 aliphatic carbocycles. The maximum absolute atomic E-state index is 13.8. The predicted octanol–water partition coefficient (Wildman–Crippen LogP) is 5.43. The van der Waals surface area contributed by atoms with Crippen molar-refractivity contribution in [3.8, 4) is 0 Å². The first-order chi connectivity index (χ1) is 8.69. The van der Waals surface area contributed by atoms with Gasteiger partial charge in [-0.25, -0.2) is 8.78 Å². The van der Waals surface area contributed by atoms with Gasteiger partial charge in [-0.2, -0.15) is 0 Å². The van der Waals surface area contributed by atoms with Crippen LogP contribution in [0.1, 0.15) is 63.5 Å². The first-order valence-electron chi connectivity index (χ1n) is 7.15. The standard InChI is InChI=1S/C16H24F2/c1-3-5-7-9-13-11-15(17)14(16(18)12-13)10-8-6-4-2/h11-12H,3-10H2,1-2H3. The summed E-state index contributed by atoms with van der Waals surface area (Å²) in [4.78, 5) is 0. The van der Waals surface area contributed by atoms with Crippen molar-refractivity contribution in [1.29, 1.82) is 0 Å². The van der Waals surface area contributed by atoms with Gasteiger partial charge in [0.05, 0.1) is 0 Å². The summed E-state index contributed by atoms with van der Waals surface area (Å²) in [6.45, 7) is 4.21. The molecular formula is C16H24F2. The van der Waals surface area contributed by atoms with Crippen molar-refractivity contribution in [2.24, 2.45) is 0 Å². The molecule has 0 atom stereocenters. The lowest BCUT2D eigenvalue weighted by molar-refractivity contribution is 0.541. The Hall–Kier alpha value is -0.920. The van der Waals surface area contributed by atoms with Crippen LogP contribution in [0.25, 0.3) is 0 Å². The minimum Gasteiger partial charge on any atom is -0.207 e. The average molecular weight is 254 g/mol. The highest BCUT2D eigenvalue weighted by Crippen LogP contribution is 2.19. The van der Waals surface area contributed by atoms with Crippen molar-refractivity contribution >= 4 is 0 Å². The number of hydrogen-bond acceptors (Lipinski definition) is 0. The van der Waals surface area contributed by atoms with Gasteiger partial charge in [-0.05, 0) is 43.4 Å². The minimum absolute atomic E-state index is 0.266. The van der Waals surface area contributed by atoms with E-state index < -0.39 is 0 Å². The second-order valence-electron chi connectivity index (χ2n) is 4.95. The number of hydrogen-bond donors (Lipinski definition) is 0. The summed E-state index contributed by atoms with van der Waals surface area (Å²) >= 11 is 0. The molecule has 0 nitrogen and oxygen atoms in total. The van der Waals surface area contributed by atoms with Gasteiger partial charge in [0.2, 0.25) is 0 Å². The van der Waals surface area contributed by atoms with Crippen molar-refractivity contribution in [3.05, 3.63) is 34.9 Å². The Labute approximate surface area is 109 Å². The largest absolute Gasteiger partial charge is 0.207 e. The summed E-state index contributed by atoms with van der Waals surface area (Å²) in [5.41, 5.74) is 1.06. The lowest BCUT2D eigenvalue weighted by Gasteiger charge is -2.08. The molecule has 1 aromatic carbocycles. The van der Waals surface area contributed by atoms with Gasteiger partial charge in [0.15, 0.2) is 0 Å². The van der Waals surface area contributed by atoms with E-state index in [9.17, 15) is 8.78 Å². The molecule has 0 heterocycles. The summed E-state index contributed by atoms with van der Waals surface area (Å²) in [6, 6.07) is 3.03. The van der Waals surface area contributed by atoms with Crippen molar-refractivity contribution in [3.63, 3.8) is 0 Å². The molecule has 1 aromatic rings. The zero-order valence-corrected chi connectivity index (χ0v) is 11.6. The van der Waals surface area contributed by atoms with Crippen LogP contribution in [0, 0.1) is 11.6 Å². The normalized spacial score (nSPS) is 10.9. The third-order valence-corrected chi connectivity index (χ3v) is 3.30. The lowest BCUT2D eigenvalue weighted by Crippen LogP contribution is -1.99. The molecule has 0 amide bonds. The van der Waals surface area contributed by atoms with E-state index in [0.717, 1.165) is 50.5 Å². The van der Waals surface area contributed by atoms with Crippen LogP contribution in [0.5, 0.6) is 0 Å². The lowest BCUT2D eigenvalue weighted by atomic mass is 10.0. The number of rotatable bonds is 8. The fraction of sp³-hybridized carbons (Fsp3) is 0.625. The molecule has 0 aliphatic rings. The SMILES string of the molecule is CCCCCc1cc(F)c(CCCCC)c(F)c1. The van der Waals surface area contributed by atoms with E-state index in [1.807, 2.05) is 0 Å². The monoisotopic (exact) mass is 254 g/mol. The maximum Gasteiger partial charge on any atom is 0.129 e. The molecule has 0 radical (unpaired) electrons. The Bertz CT molecular complexity index is 335. The van der Waals surface area contributed by atoms with Gasteiger partial charge in [0.1, 0.15) is 11.6 Å². The van der Waals surface area contributed by atoms with Crippen molar-refractivity contribution in [1.82, 2.24) is 0 Å². The third kappa shape index (κ3) is 4.75. The molecule has 0 bridgehead atoms. The van der Waals surface area contributed by atoms with Crippen molar-refractivity contribution < 1.29 is 8.78 Å². The predicted molar refractivity (Wildman–Crippen MR) is 72.8 cm³/mol. The van der Waals surface area contributed by atoms with E-state index in [2.05, 4.69) is 13.8 Å². The van der Waals surface area contributed by atoms with Crippen LogP contribution in [0.3, 0.4) is 0 Å². The molecular weight excluding hydrogens is 230 g/mol. The highest BCUT2D eigenvalue weighted by atomic mass is 19.1. The van der Waals surface area contributed by atoms with Crippen LogP contribution in [0.4, 0.5) is 8.78 Å². The molecule has 0 saturated carbocycles. The Balaban J connectivity index is 2.65. The van der Waals surface area contributed by atoms with Gasteiger partial charge in [-0.1, -0.05) is 39.5 Å². The first-order valence-corrected chi connectivity index (χ1v) is 7.15. The van der Waals surface area contributed by atoms with Gasteiger partial charge in [0.25, 0.3) is 0 Å². The van der Waals surface area contributed by atoms with E-state index in [4.69, 9.17) is 0 Å². The van der Waals surface area contributed by atoms with Crippen LogP contribution in [0.2, 0.25) is 0 Å². The van der Waals surface area contributed by atoms with E-state index in [-0.39, 0.29) is 17.2 Å². The van der Waals surface area contributed by atoms with Crippen LogP contribution in [0.15, 0.2) is 12.1 Å². The fourth-order valence-corrected chi connectivity index (χ4v) is 2.17. The molecule has 2 heteroatoms. The van der Waals surface area contributed by atoms with E-state index in [1.165, 1.54) is 12.1 Å². The maximum atomic E-state index is 13.8. The van der Waals surface area contributed by atoms with Gasteiger partial charge in [-0.3, -0.25) is 0 Å². The molecule has 102 valence electrons. The molecule has 0 N–H and O–H groups in total. The first kappa shape index (κ1) is 15.1. The smallest absolute Gasteiger partial charge is 0.129 e. The third-order valence-electron chi connectivity index (χ3n) is 3.30. The molecule has 0 spiro atoms. The van der Waals surface area contributed by atoms with Crippen molar-refractivity contribution in [2.45, 2.75) is 65.2 Å². The summed E-state index contributed by atoms with van der Waals surface area (Å²) in [7, 11) is 0. The molecule has 0 fully saturated rings. The zero-order chi connectivity index (χ0) is 13.4. The topological polar surface area (TPSA) is 0 Å². The second-order valence-corrected chi connectivity index (χ2v) is 4.95. The van der Waals surface area contributed by atoms with Crippen LogP contribution < -0.4 is 0 Å². The second kappa shape index (κ2) is 8.23. The molecule has 18 heavy (non-hydrogen) atoms. The summed E-state index contributed by atoms with van der Waals surface area (Å²) < 4.78 is 27.6. The summed E-state index contributed by atoms with van der Waals surface area (Å²) in [5, 5.41) is 0. The molecule has 1 rings (SSSR count). The Morgan fingerprint density at radius 3 is 1.78 bits per heavy atom. The number of benzene rings is 1. The van der Waals surface area contributed by atoms with Crippen LogP contribution in [-0.4, -0.2) is 0 Å². The summed E-state index contributed by atoms with van der Waals surface area (Å²) in [5.74, 6) is -0.727. The van der Waals surface area contributed by atoms with Crippen LogP contribution in [-0.2, 0) is 12.8 Å². The van der Waals surface area contributed by atoms with E-state index >= 15 is 0 Å². The average Bonchev–Trinajstić information content (AvgIpc) is 2.33. The Kier molecular flexibility index (Phi) is 6.92. The van der Waals surface area contributed by atoms with E-state index in [0.29, 0.717) is 6.42 Å². The molecule has 0 saturated heterocycles. The van der Waals surface area contributed by atoms with Gasteiger partial charge in [0, 0.05) is 5.56 Å². The fourth-order valence-electron chi connectivity index (χ4n) is 2.17. The van der Waals surface area contributed by atoms with Crippen molar-refractivity contribution in [2.75, 3.05) is 0 Å². The number of halogens is 2. The highest BCUT2D eigenvalue weighted by molar-refractivity contribution is 5.26.